The van der Waals surface area contributed by atoms with Crippen molar-refractivity contribution in [1.82, 2.24) is 0 Å². The predicted octanol–water partition coefficient (Wildman–Crippen LogP) is 2.02. The molecule has 3 heteroatoms. The summed E-state index contributed by atoms with van der Waals surface area (Å²) in [5.74, 6) is 0.990. The minimum atomic E-state index is 0.832. The van der Waals surface area contributed by atoms with Crippen LogP contribution in [0.5, 0.6) is 0 Å². The molecule has 0 atom stereocenters. The maximum absolute atomic E-state index is 6.50. The summed E-state index contributed by atoms with van der Waals surface area (Å²) in [6, 6.07) is 0. The van der Waals surface area contributed by atoms with Crippen molar-refractivity contribution >= 4 is 24.0 Å². The van der Waals surface area contributed by atoms with Crippen molar-refractivity contribution in [3.05, 3.63) is 0 Å². The lowest BCUT2D eigenvalue weighted by atomic mass is 9.91. The van der Waals surface area contributed by atoms with Gasteiger partial charge in [0.1, 0.15) is 0 Å². The van der Waals surface area contributed by atoms with E-state index < -0.39 is 0 Å². The largest absolute Gasteiger partial charge is 0.461 e. The second-order valence-electron chi connectivity index (χ2n) is 2.86. The van der Waals surface area contributed by atoms with Gasteiger partial charge in [0.2, 0.25) is 0 Å². The summed E-state index contributed by atoms with van der Waals surface area (Å²) < 4.78 is 0. The molecule has 1 rings (SSSR count). The van der Waals surface area contributed by atoms with Crippen LogP contribution in [0.2, 0.25) is 0 Å². The van der Waals surface area contributed by atoms with E-state index >= 15 is 0 Å². The Kier molecular flexibility index (Phi) is 6.54. The second-order valence-corrected chi connectivity index (χ2v) is 4.15. The van der Waals surface area contributed by atoms with Crippen molar-refractivity contribution in [2.45, 2.75) is 37.4 Å². The SMILES string of the molecule is CC1CCC(Br)CC1.[B]O. The van der Waals surface area contributed by atoms with Crippen LogP contribution in [0.1, 0.15) is 32.6 Å². The molecule has 1 N–H and O–H groups in total. The normalized spacial score (nSPS) is 32.3. The fourth-order valence-corrected chi connectivity index (χ4v) is 1.75. The van der Waals surface area contributed by atoms with Gasteiger partial charge in [-0.3, -0.25) is 0 Å². The Labute approximate surface area is 72.8 Å². The topological polar surface area (TPSA) is 20.2 Å². The first-order valence-electron chi connectivity index (χ1n) is 3.69. The Bertz CT molecular complexity index is 62.0. The van der Waals surface area contributed by atoms with E-state index in [2.05, 4.69) is 30.9 Å². The molecule has 1 saturated carbocycles. The lowest BCUT2D eigenvalue weighted by Gasteiger charge is -2.21. The van der Waals surface area contributed by atoms with E-state index in [1.165, 1.54) is 25.7 Å². The molecule has 0 saturated heterocycles. The van der Waals surface area contributed by atoms with Crippen molar-refractivity contribution in [1.29, 1.82) is 0 Å². The molecule has 58 valence electrons. The van der Waals surface area contributed by atoms with E-state index in [1.54, 1.807) is 0 Å². The van der Waals surface area contributed by atoms with Gasteiger partial charge in [-0.05, 0) is 31.6 Å². The highest BCUT2D eigenvalue weighted by Crippen LogP contribution is 2.27. The Hall–Kier alpha value is 0.505. The van der Waals surface area contributed by atoms with Gasteiger partial charge in [-0.1, -0.05) is 22.9 Å². The van der Waals surface area contributed by atoms with Gasteiger partial charge in [0.15, 0.2) is 0 Å². The first kappa shape index (κ1) is 10.5. The number of hydrogen-bond donors (Lipinski definition) is 1. The van der Waals surface area contributed by atoms with E-state index in [1.807, 2.05) is 0 Å². The van der Waals surface area contributed by atoms with Gasteiger partial charge in [-0.15, -0.1) is 0 Å². The fourth-order valence-electron chi connectivity index (χ4n) is 1.22. The maximum Gasteiger partial charge on any atom is 0.277 e. The van der Waals surface area contributed by atoms with Crippen molar-refractivity contribution < 1.29 is 5.02 Å². The molecule has 0 aliphatic heterocycles. The zero-order valence-corrected chi connectivity index (χ0v) is 7.97. The molecular weight excluding hydrogens is 191 g/mol. The number of hydrogen-bond acceptors (Lipinski definition) is 1. The van der Waals surface area contributed by atoms with Crippen LogP contribution in [0.3, 0.4) is 0 Å². The van der Waals surface area contributed by atoms with Crippen LogP contribution in [-0.4, -0.2) is 17.9 Å². The van der Waals surface area contributed by atoms with Crippen molar-refractivity contribution in [2.24, 2.45) is 5.92 Å². The van der Waals surface area contributed by atoms with Gasteiger partial charge in [0.05, 0.1) is 0 Å². The van der Waals surface area contributed by atoms with Crippen LogP contribution in [-0.2, 0) is 0 Å². The summed E-state index contributed by atoms with van der Waals surface area (Å²) in [7, 11) is 3.50. The average molecular weight is 205 g/mol. The minimum Gasteiger partial charge on any atom is -0.461 e. The Balaban J connectivity index is 0.000000371. The third kappa shape index (κ3) is 4.34. The second kappa shape index (κ2) is 6.23. The molecule has 1 aliphatic rings. The third-order valence-corrected chi connectivity index (χ3v) is 2.86. The molecule has 0 amide bonds. The monoisotopic (exact) mass is 204 g/mol. The highest BCUT2D eigenvalue weighted by atomic mass is 79.9. The maximum atomic E-state index is 6.50. The lowest BCUT2D eigenvalue weighted by Crippen LogP contribution is -2.10. The van der Waals surface area contributed by atoms with Gasteiger partial charge in [0.25, 0.3) is 8.05 Å². The van der Waals surface area contributed by atoms with E-state index in [-0.39, 0.29) is 0 Å². The van der Waals surface area contributed by atoms with Crippen molar-refractivity contribution in [3.8, 4) is 0 Å². The molecule has 0 aromatic carbocycles. The molecule has 0 heterocycles. The quantitative estimate of drug-likeness (QED) is 0.473. The number of alkyl halides is 1. The summed E-state index contributed by atoms with van der Waals surface area (Å²) in [5.41, 5.74) is 0. The summed E-state index contributed by atoms with van der Waals surface area (Å²) in [5, 5.41) is 6.50. The summed E-state index contributed by atoms with van der Waals surface area (Å²) in [6.07, 6.45) is 5.63. The van der Waals surface area contributed by atoms with E-state index in [0.29, 0.717) is 0 Å². The van der Waals surface area contributed by atoms with Gasteiger partial charge in [-0.25, -0.2) is 0 Å². The molecule has 0 unspecified atom stereocenters. The molecule has 0 aromatic rings. The lowest BCUT2D eigenvalue weighted by molar-refractivity contribution is 0.396. The molecule has 1 aliphatic carbocycles. The molecule has 10 heavy (non-hydrogen) atoms. The van der Waals surface area contributed by atoms with Gasteiger partial charge >= 0.3 is 0 Å². The Morgan fingerprint density at radius 1 is 1.20 bits per heavy atom. The molecule has 1 fully saturated rings. The zero-order chi connectivity index (χ0) is 7.98. The van der Waals surface area contributed by atoms with Gasteiger partial charge < -0.3 is 5.02 Å². The van der Waals surface area contributed by atoms with E-state index in [0.717, 1.165) is 10.7 Å². The Morgan fingerprint density at radius 3 is 1.90 bits per heavy atom. The first-order chi connectivity index (χ1) is 4.79. The third-order valence-electron chi connectivity index (χ3n) is 1.95. The van der Waals surface area contributed by atoms with E-state index in [9.17, 15) is 0 Å². The van der Waals surface area contributed by atoms with Gasteiger partial charge in [0, 0.05) is 4.83 Å². The van der Waals surface area contributed by atoms with Crippen molar-refractivity contribution in [2.75, 3.05) is 0 Å². The van der Waals surface area contributed by atoms with E-state index in [4.69, 9.17) is 5.02 Å². The summed E-state index contributed by atoms with van der Waals surface area (Å²) in [6.45, 7) is 2.35. The minimum absolute atomic E-state index is 0.832. The predicted molar refractivity (Wildman–Crippen MR) is 48.3 cm³/mol. The number of rotatable bonds is 0. The molecule has 0 aromatic heterocycles. The Morgan fingerprint density at radius 2 is 1.60 bits per heavy atom. The molecule has 2 radical (unpaired) electrons. The van der Waals surface area contributed by atoms with Crippen LogP contribution >= 0.6 is 15.9 Å². The molecule has 1 nitrogen and oxygen atoms in total. The van der Waals surface area contributed by atoms with Crippen LogP contribution in [0.25, 0.3) is 0 Å². The fraction of sp³-hybridized carbons (Fsp3) is 1.00. The first-order valence-corrected chi connectivity index (χ1v) is 4.60. The average Bonchev–Trinajstić information content (AvgIpc) is 2.00. The molecule has 0 bridgehead atoms. The summed E-state index contributed by atoms with van der Waals surface area (Å²) >= 11 is 3.62. The highest BCUT2D eigenvalue weighted by Gasteiger charge is 2.14. The molecular formula is C7H14BBrO. The van der Waals surface area contributed by atoms with Crippen LogP contribution < -0.4 is 0 Å². The van der Waals surface area contributed by atoms with Crippen LogP contribution in [0, 0.1) is 5.92 Å². The van der Waals surface area contributed by atoms with Gasteiger partial charge in [-0.2, -0.15) is 0 Å². The van der Waals surface area contributed by atoms with Crippen LogP contribution in [0.4, 0.5) is 0 Å². The highest BCUT2D eigenvalue weighted by molar-refractivity contribution is 9.09. The zero-order valence-electron chi connectivity index (χ0n) is 6.39. The smallest absolute Gasteiger partial charge is 0.277 e. The van der Waals surface area contributed by atoms with Crippen LogP contribution in [0.15, 0.2) is 0 Å². The standard InChI is InChI=1S/C7H13Br.BHO/c1-6-2-4-7(8)5-3-6;1-2/h6-7H,2-5H2,1H3;2H. The summed E-state index contributed by atoms with van der Waals surface area (Å²) in [4.78, 5) is 0.832. The number of halogens is 1. The van der Waals surface area contributed by atoms with Crippen molar-refractivity contribution in [3.63, 3.8) is 0 Å². The molecule has 0 spiro atoms.